The zero-order chi connectivity index (χ0) is 17.0. The molecule has 0 N–H and O–H groups in total. The summed E-state index contributed by atoms with van der Waals surface area (Å²) < 4.78 is 37.5. The number of pyridine rings is 1. The molecule has 4 nitrogen and oxygen atoms in total. The molecule has 0 spiro atoms. The fourth-order valence-corrected chi connectivity index (χ4v) is 2.87. The minimum Gasteiger partial charge on any atom is -0.337 e. The lowest BCUT2D eigenvalue weighted by molar-refractivity contribution is -0.146. The summed E-state index contributed by atoms with van der Waals surface area (Å²) in [5.74, 6) is -0.156. The van der Waals surface area contributed by atoms with Crippen LogP contribution in [0.25, 0.3) is 0 Å². The van der Waals surface area contributed by atoms with E-state index in [0.29, 0.717) is 43.3 Å². The van der Waals surface area contributed by atoms with Crippen molar-refractivity contribution >= 4 is 17.5 Å². The Labute approximate surface area is 138 Å². The number of hydrogen-bond acceptors (Lipinski definition) is 3. The SMILES string of the molecule is CCN(C[C@H]1CCN(C(=O)c2ccc(Cl)cn2)C1)CC(F)(F)F. The number of aromatic nitrogens is 1. The average Bonchev–Trinajstić information content (AvgIpc) is 2.93. The minimum atomic E-state index is -4.20. The van der Waals surface area contributed by atoms with Crippen molar-refractivity contribution in [1.29, 1.82) is 0 Å². The van der Waals surface area contributed by atoms with Gasteiger partial charge < -0.3 is 4.90 Å². The number of carbonyl (C=O) groups excluding carboxylic acids is 1. The van der Waals surface area contributed by atoms with Crippen LogP contribution in [0.3, 0.4) is 0 Å². The van der Waals surface area contributed by atoms with E-state index >= 15 is 0 Å². The van der Waals surface area contributed by atoms with Crippen molar-refractivity contribution < 1.29 is 18.0 Å². The third-order valence-electron chi connectivity index (χ3n) is 3.89. The molecule has 1 aromatic rings. The van der Waals surface area contributed by atoms with Gasteiger partial charge in [-0.3, -0.25) is 9.69 Å². The monoisotopic (exact) mass is 349 g/mol. The van der Waals surface area contributed by atoms with E-state index in [9.17, 15) is 18.0 Å². The van der Waals surface area contributed by atoms with Gasteiger partial charge in [-0.05, 0) is 31.0 Å². The van der Waals surface area contributed by atoms with Crippen molar-refractivity contribution in [2.45, 2.75) is 19.5 Å². The third-order valence-corrected chi connectivity index (χ3v) is 4.11. The largest absolute Gasteiger partial charge is 0.401 e. The Morgan fingerprint density at radius 3 is 2.78 bits per heavy atom. The first-order valence-electron chi connectivity index (χ1n) is 7.48. The predicted molar refractivity (Wildman–Crippen MR) is 81.4 cm³/mol. The highest BCUT2D eigenvalue weighted by atomic mass is 35.5. The second kappa shape index (κ2) is 7.49. The summed E-state index contributed by atoms with van der Waals surface area (Å²) >= 11 is 5.74. The molecular formula is C15H19ClF3N3O. The van der Waals surface area contributed by atoms with Crippen molar-refractivity contribution in [2.75, 3.05) is 32.7 Å². The maximum Gasteiger partial charge on any atom is 0.401 e. The fraction of sp³-hybridized carbons (Fsp3) is 0.600. The Hall–Kier alpha value is -1.34. The molecule has 1 amide bonds. The molecule has 1 aliphatic heterocycles. The van der Waals surface area contributed by atoms with Gasteiger partial charge in [0.25, 0.3) is 5.91 Å². The van der Waals surface area contributed by atoms with Gasteiger partial charge in [0.05, 0.1) is 11.6 Å². The van der Waals surface area contributed by atoms with Crippen LogP contribution in [0, 0.1) is 5.92 Å². The molecule has 0 bridgehead atoms. The van der Waals surface area contributed by atoms with Gasteiger partial charge in [0, 0.05) is 25.8 Å². The molecule has 1 aliphatic rings. The molecule has 1 fully saturated rings. The number of halogens is 4. The quantitative estimate of drug-likeness (QED) is 0.819. The van der Waals surface area contributed by atoms with Gasteiger partial charge in [0.1, 0.15) is 5.69 Å². The molecule has 8 heteroatoms. The van der Waals surface area contributed by atoms with Gasteiger partial charge in [-0.1, -0.05) is 18.5 Å². The molecular weight excluding hydrogens is 331 g/mol. The molecule has 0 unspecified atom stereocenters. The Kier molecular flexibility index (Phi) is 5.86. The summed E-state index contributed by atoms with van der Waals surface area (Å²) in [5, 5.41) is 0.451. The van der Waals surface area contributed by atoms with Crippen LogP contribution in [0.4, 0.5) is 13.2 Å². The second-order valence-corrected chi connectivity index (χ2v) is 6.15. The summed E-state index contributed by atoms with van der Waals surface area (Å²) in [6.45, 7) is 2.47. The smallest absolute Gasteiger partial charge is 0.337 e. The van der Waals surface area contributed by atoms with Gasteiger partial charge in [0.2, 0.25) is 0 Å². The number of hydrogen-bond donors (Lipinski definition) is 0. The van der Waals surface area contributed by atoms with Crippen LogP contribution >= 0.6 is 11.6 Å². The Balaban J connectivity index is 1.90. The molecule has 128 valence electrons. The van der Waals surface area contributed by atoms with E-state index in [0.717, 1.165) is 0 Å². The van der Waals surface area contributed by atoms with E-state index in [1.54, 1.807) is 24.0 Å². The molecule has 0 aliphatic carbocycles. The lowest BCUT2D eigenvalue weighted by Crippen LogP contribution is -2.38. The van der Waals surface area contributed by atoms with E-state index in [2.05, 4.69) is 4.98 Å². The summed E-state index contributed by atoms with van der Waals surface area (Å²) in [6.07, 6.45) is -2.09. The molecule has 1 atom stereocenters. The first-order chi connectivity index (χ1) is 10.8. The third kappa shape index (κ3) is 5.35. The second-order valence-electron chi connectivity index (χ2n) is 5.71. The molecule has 2 heterocycles. The van der Waals surface area contributed by atoms with Crippen LogP contribution in [-0.4, -0.2) is 59.6 Å². The van der Waals surface area contributed by atoms with Crippen LogP contribution in [0.2, 0.25) is 5.02 Å². The first-order valence-corrected chi connectivity index (χ1v) is 7.86. The summed E-state index contributed by atoms with van der Waals surface area (Å²) in [7, 11) is 0. The molecule has 2 rings (SSSR count). The number of likely N-dealkylation sites (tertiary alicyclic amines) is 1. The van der Waals surface area contributed by atoms with Crippen LogP contribution in [0.5, 0.6) is 0 Å². The van der Waals surface area contributed by atoms with E-state index in [4.69, 9.17) is 11.6 Å². The lowest BCUT2D eigenvalue weighted by atomic mass is 10.1. The Morgan fingerprint density at radius 2 is 2.22 bits per heavy atom. The van der Waals surface area contributed by atoms with Crippen molar-refractivity contribution in [3.8, 4) is 0 Å². The normalized spacial score (nSPS) is 18.7. The number of alkyl halides is 3. The van der Waals surface area contributed by atoms with Gasteiger partial charge in [-0.2, -0.15) is 13.2 Å². The van der Waals surface area contributed by atoms with E-state index in [-0.39, 0.29) is 11.8 Å². The minimum absolute atomic E-state index is 0.0496. The van der Waals surface area contributed by atoms with Crippen molar-refractivity contribution in [3.05, 3.63) is 29.0 Å². The van der Waals surface area contributed by atoms with Crippen molar-refractivity contribution in [3.63, 3.8) is 0 Å². The molecule has 1 aromatic heterocycles. The lowest BCUT2D eigenvalue weighted by Gasteiger charge is -2.25. The zero-order valence-corrected chi connectivity index (χ0v) is 13.6. The van der Waals surface area contributed by atoms with Crippen LogP contribution in [0.1, 0.15) is 23.8 Å². The zero-order valence-electron chi connectivity index (χ0n) is 12.8. The van der Waals surface area contributed by atoms with Crippen molar-refractivity contribution in [2.24, 2.45) is 5.92 Å². The Bertz CT molecular complexity index is 536. The van der Waals surface area contributed by atoms with Crippen LogP contribution in [0.15, 0.2) is 18.3 Å². The van der Waals surface area contributed by atoms with E-state index in [1.165, 1.54) is 11.1 Å². The van der Waals surface area contributed by atoms with Crippen LogP contribution < -0.4 is 0 Å². The highest BCUT2D eigenvalue weighted by Gasteiger charge is 2.33. The van der Waals surface area contributed by atoms with Gasteiger partial charge in [-0.25, -0.2) is 4.98 Å². The van der Waals surface area contributed by atoms with E-state index in [1.807, 2.05) is 0 Å². The fourth-order valence-electron chi connectivity index (χ4n) is 2.75. The summed E-state index contributed by atoms with van der Waals surface area (Å²) in [6, 6.07) is 3.15. The topological polar surface area (TPSA) is 36.4 Å². The highest BCUT2D eigenvalue weighted by Crippen LogP contribution is 2.22. The van der Waals surface area contributed by atoms with Gasteiger partial charge in [-0.15, -0.1) is 0 Å². The summed E-state index contributed by atoms with van der Waals surface area (Å²) in [4.78, 5) is 19.3. The van der Waals surface area contributed by atoms with Crippen LogP contribution in [-0.2, 0) is 0 Å². The standard InChI is InChI=1S/C15H19ClF3N3O/c1-2-21(10-15(17,18)19)8-11-5-6-22(9-11)14(23)13-4-3-12(16)7-20-13/h3-4,7,11H,2,5-6,8-10H2,1H3/t11-/m1/s1. The number of nitrogens with zero attached hydrogens (tertiary/aromatic N) is 3. The maximum atomic E-state index is 12.5. The molecule has 1 saturated heterocycles. The van der Waals surface area contributed by atoms with Crippen molar-refractivity contribution in [1.82, 2.24) is 14.8 Å². The molecule has 0 saturated carbocycles. The number of amides is 1. The number of rotatable bonds is 5. The van der Waals surface area contributed by atoms with E-state index < -0.39 is 12.7 Å². The number of carbonyl (C=O) groups is 1. The highest BCUT2D eigenvalue weighted by molar-refractivity contribution is 6.30. The predicted octanol–water partition coefficient (Wildman–Crippen LogP) is 3.08. The molecule has 23 heavy (non-hydrogen) atoms. The maximum absolute atomic E-state index is 12.5. The van der Waals surface area contributed by atoms with Gasteiger partial charge in [0.15, 0.2) is 0 Å². The molecule has 0 radical (unpaired) electrons. The summed E-state index contributed by atoms with van der Waals surface area (Å²) in [5.41, 5.74) is 0.303. The van der Waals surface area contributed by atoms with Gasteiger partial charge >= 0.3 is 6.18 Å². The average molecular weight is 350 g/mol. The Morgan fingerprint density at radius 1 is 1.48 bits per heavy atom. The first kappa shape index (κ1) is 18.0. The molecule has 0 aromatic carbocycles.